The van der Waals surface area contributed by atoms with E-state index in [2.05, 4.69) is 14.9 Å². The first-order valence-electron chi connectivity index (χ1n) is 5.29. The smallest absolute Gasteiger partial charge is 0.326 e. The van der Waals surface area contributed by atoms with Crippen LogP contribution in [0.4, 0.5) is 0 Å². The quantitative estimate of drug-likeness (QED) is 0.739. The minimum Gasteiger partial charge on any atom is -0.480 e. The van der Waals surface area contributed by atoms with Crippen molar-refractivity contribution in [2.75, 3.05) is 0 Å². The number of hydrogen-bond acceptors (Lipinski definition) is 4. The summed E-state index contributed by atoms with van der Waals surface area (Å²) >= 11 is 0. The Hall–Kier alpha value is -2.19. The Morgan fingerprint density at radius 3 is 2.53 bits per heavy atom. The average molecular weight is 281 g/mol. The Kier molecular flexibility index (Phi) is 3.63. The molecule has 1 aromatic carbocycles. The third-order valence-electron chi connectivity index (χ3n) is 2.44. The standard InChI is InChI=1S/C11H11N3O4S/c15-11(16)10(8-4-2-1-3-5-8)14-19(17,18)9-6-12-13-7-9/h1-7,10,14H,(H,12,13)(H,15,16)/t10-/m0/s1. The minimum absolute atomic E-state index is 0.116. The summed E-state index contributed by atoms with van der Waals surface area (Å²) in [7, 11) is -3.93. The van der Waals surface area contributed by atoms with Gasteiger partial charge in [-0.3, -0.25) is 9.89 Å². The monoisotopic (exact) mass is 281 g/mol. The van der Waals surface area contributed by atoms with Crippen LogP contribution < -0.4 is 4.72 Å². The van der Waals surface area contributed by atoms with Gasteiger partial charge < -0.3 is 5.11 Å². The number of aromatic amines is 1. The van der Waals surface area contributed by atoms with Crippen molar-refractivity contribution in [2.45, 2.75) is 10.9 Å². The molecule has 0 unspecified atom stereocenters. The zero-order valence-corrected chi connectivity index (χ0v) is 10.5. The SMILES string of the molecule is O=C(O)[C@@H](NS(=O)(=O)c1cn[nH]c1)c1ccccc1. The van der Waals surface area contributed by atoms with Crippen molar-refractivity contribution in [1.82, 2.24) is 14.9 Å². The molecule has 1 atom stereocenters. The van der Waals surface area contributed by atoms with Gasteiger partial charge in [0.05, 0.1) is 6.20 Å². The Morgan fingerprint density at radius 2 is 2.00 bits per heavy atom. The van der Waals surface area contributed by atoms with Crippen LogP contribution in [0.5, 0.6) is 0 Å². The van der Waals surface area contributed by atoms with Crippen molar-refractivity contribution >= 4 is 16.0 Å². The third-order valence-corrected chi connectivity index (χ3v) is 3.83. The molecular weight excluding hydrogens is 270 g/mol. The molecule has 0 bridgehead atoms. The van der Waals surface area contributed by atoms with E-state index in [4.69, 9.17) is 5.11 Å². The predicted molar refractivity (Wildman–Crippen MR) is 65.7 cm³/mol. The summed E-state index contributed by atoms with van der Waals surface area (Å²) in [6.07, 6.45) is 2.28. The van der Waals surface area contributed by atoms with E-state index in [9.17, 15) is 13.2 Å². The summed E-state index contributed by atoms with van der Waals surface area (Å²) in [6, 6.07) is 6.72. The number of carbonyl (C=O) groups is 1. The van der Waals surface area contributed by atoms with Crippen molar-refractivity contribution in [3.05, 3.63) is 48.3 Å². The number of aromatic nitrogens is 2. The summed E-state index contributed by atoms with van der Waals surface area (Å²) in [4.78, 5) is 11.1. The molecule has 0 aliphatic heterocycles. The van der Waals surface area contributed by atoms with Gasteiger partial charge in [0.2, 0.25) is 10.0 Å². The van der Waals surface area contributed by atoms with Gasteiger partial charge in [-0.25, -0.2) is 8.42 Å². The number of carboxylic acids is 1. The van der Waals surface area contributed by atoms with E-state index >= 15 is 0 Å². The molecule has 1 heterocycles. The first-order chi connectivity index (χ1) is 9.00. The average Bonchev–Trinajstić information content (AvgIpc) is 2.91. The normalized spacial score (nSPS) is 13.1. The van der Waals surface area contributed by atoms with Crippen LogP contribution in [0.25, 0.3) is 0 Å². The lowest BCUT2D eigenvalue weighted by atomic mass is 10.1. The Balaban J connectivity index is 2.31. The lowest BCUT2D eigenvalue weighted by Gasteiger charge is -2.14. The molecule has 1 aromatic heterocycles. The maximum Gasteiger partial charge on any atom is 0.326 e. The van der Waals surface area contributed by atoms with E-state index in [1.807, 2.05) is 0 Å². The lowest BCUT2D eigenvalue weighted by molar-refractivity contribution is -0.139. The molecule has 100 valence electrons. The van der Waals surface area contributed by atoms with E-state index in [1.54, 1.807) is 18.2 Å². The summed E-state index contributed by atoms with van der Waals surface area (Å²) in [5, 5.41) is 15.0. The molecular formula is C11H11N3O4S. The van der Waals surface area contributed by atoms with Gasteiger partial charge in [0, 0.05) is 6.20 Å². The van der Waals surface area contributed by atoms with Crippen LogP contribution in [0.15, 0.2) is 47.6 Å². The van der Waals surface area contributed by atoms with E-state index in [-0.39, 0.29) is 4.90 Å². The topological polar surface area (TPSA) is 112 Å². The molecule has 0 saturated heterocycles. The first kappa shape index (κ1) is 13.2. The molecule has 0 saturated carbocycles. The maximum atomic E-state index is 11.9. The molecule has 19 heavy (non-hydrogen) atoms. The highest BCUT2D eigenvalue weighted by Crippen LogP contribution is 2.16. The second-order valence-electron chi connectivity index (χ2n) is 3.74. The highest BCUT2D eigenvalue weighted by atomic mass is 32.2. The van der Waals surface area contributed by atoms with Crippen LogP contribution in [-0.2, 0) is 14.8 Å². The predicted octanol–water partition coefficient (Wildman–Crippen LogP) is 0.514. The lowest BCUT2D eigenvalue weighted by Crippen LogP contribution is -2.33. The van der Waals surface area contributed by atoms with Gasteiger partial charge in [-0.2, -0.15) is 9.82 Å². The Morgan fingerprint density at radius 1 is 1.32 bits per heavy atom. The number of nitrogens with one attached hydrogen (secondary N) is 2. The molecule has 0 amide bonds. The van der Waals surface area contributed by atoms with Crippen LogP contribution >= 0.6 is 0 Å². The molecule has 3 N–H and O–H groups in total. The number of carboxylic acid groups (broad SMARTS) is 1. The zero-order valence-electron chi connectivity index (χ0n) is 9.65. The Bertz CT molecular complexity index is 653. The van der Waals surface area contributed by atoms with Gasteiger partial charge in [0.25, 0.3) is 0 Å². The molecule has 0 radical (unpaired) electrons. The van der Waals surface area contributed by atoms with Crippen LogP contribution in [0.3, 0.4) is 0 Å². The van der Waals surface area contributed by atoms with Gasteiger partial charge in [-0.1, -0.05) is 30.3 Å². The highest BCUT2D eigenvalue weighted by molar-refractivity contribution is 7.89. The van der Waals surface area contributed by atoms with Crippen molar-refractivity contribution in [3.63, 3.8) is 0 Å². The van der Waals surface area contributed by atoms with Crippen molar-refractivity contribution in [2.24, 2.45) is 0 Å². The van der Waals surface area contributed by atoms with Gasteiger partial charge in [-0.05, 0) is 5.56 Å². The number of nitrogens with zero attached hydrogens (tertiary/aromatic N) is 1. The molecule has 2 aromatic rings. The number of benzene rings is 1. The number of hydrogen-bond donors (Lipinski definition) is 3. The van der Waals surface area contributed by atoms with Gasteiger partial charge in [0.1, 0.15) is 10.9 Å². The number of rotatable bonds is 5. The molecule has 0 aliphatic rings. The summed E-state index contributed by atoms with van der Waals surface area (Å²) in [6.45, 7) is 0. The highest BCUT2D eigenvalue weighted by Gasteiger charge is 2.27. The van der Waals surface area contributed by atoms with Crippen molar-refractivity contribution in [3.8, 4) is 0 Å². The number of sulfonamides is 1. The molecule has 2 rings (SSSR count). The van der Waals surface area contributed by atoms with Crippen molar-refractivity contribution in [1.29, 1.82) is 0 Å². The van der Waals surface area contributed by atoms with Crippen molar-refractivity contribution < 1.29 is 18.3 Å². The van der Waals surface area contributed by atoms with E-state index in [0.717, 1.165) is 6.20 Å². The fourth-order valence-corrected chi connectivity index (χ4v) is 2.60. The molecule has 0 aliphatic carbocycles. The minimum atomic E-state index is -3.93. The van der Waals surface area contributed by atoms with Gasteiger partial charge >= 0.3 is 5.97 Å². The largest absolute Gasteiger partial charge is 0.480 e. The summed E-state index contributed by atoms with van der Waals surface area (Å²) in [5.41, 5.74) is 0.349. The van der Waals surface area contributed by atoms with E-state index in [0.29, 0.717) is 5.56 Å². The van der Waals surface area contributed by atoms with E-state index < -0.39 is 22.0 Å². The fourth-order valence-electron chi connectivity index (χ4n) is 1.52. The van der Waals surface area contributed by atoms with Gasteiger partial charge in [0.15, 0.2) is 0 Å². The second kappa shape index (κ2) is 5.21. The third kappa shape index (κ3) is 2.98. The van der Waals surface area contributed by atoms with E-state index in [1.165, 1.54) is 18.3 Å². The second-order valence-corrected chi connectivity index (χ2v) is 5.45. The molecule has 0 fully saturated rings. The zero-order chi connectivity index (χ0) is 13.9. The summed E-state index contributed by atoms with van der Waals surface area (Å²) < 4.78 is 26.0. The van der Waals surface area contributed by atoms with Gasteiger partial charge in [-0.15, -0.1) is 0 Å². The summed E-state index contributed by atoms with van der Waals surface area (Å²) in [5.74, 6) is -1.28. The van der Waals surface area contributed by atoms with Crippen LogP contribution in [-0.4, -0.2) is 29.7 Å². The van der Waals surface area contributed by atoms with Crippen LogP contribution in [0, 0.1) is 0 Å². The number of H-pyrrole nitrogens is 1. The fraction of sp³-hybridized carbons (Fsp3) is 0.0909. The maximum absolute atomic E-state index is 11.9. The van der Waals surface area contributed by atoms with Crippen LogP contribution in [0.2, 0.25) is 0 Å². The Labute approximate surface area is 109 Å². The first-order valence-corrected chi connectivity index (χ1v) is 6.78. The molecule has 8 heteroatoms. The molecule has 0 spiro atoms. The van der Waals surface area contributed by atoms with Crippen LogP contribution in [0.1, 0.15) is 11.6 Å². The number of aliphatic carboxylic acids is 1. The molecule has 7 nitrogen and oxygen atoms in total.